The SMILES string of the molecule is COCCC(=O)N1CCN(C(C)=O)C[C@@H]1c1ccccc1. The van der Waals surface area contributed by atoms with Gasteiger partial charge >= 0.3 is 0 Å². The van der Waals surface area contributed by atoms with Crippen molar-refractivity contribution in [3.63, 3.8) is 0 Å². The van der Waals surface area contributed by atoms with Crippen LogP contribution in [0, 0.1) is 0 Å². The maximum absolute atomic E-state index is 12.4. The van der Waals surface area contributed by atoms with Crippen molar-refractivity contribution in [3.8, 4) is 0 Å². The van der Waals surface area contributed by atoms with E-state index in [1.165, 1.54) is 0 Å². The minimum Gasteiger partial charge on any atom is -0.384 e. The molecule has 0 radical (unpaired) electrons. The van der Waals surface area contributed by atoms with Gasteiger partial charge in [-0.2, -0.15) is 0 Å². The second-order valence-electron chi connectivity index (χ2n) is 5.22. The third-order valence-corrected chi connectivity index (χ3v) is 3.85. The molecule has 0 saturated carbocycles. The molecule has 1 saturated heterocycles. The molecule has 1 aromatic rings. The number of amides is 2. The number of carbonyl (C=O) groups excluding carboxylic acids is 2. The van der Waals surface area contributed by atoms with Crippen LogP contribution in [0.3, 0.4) is 0 Å². The van der Waals surface area contributed by atoms with Crippen LogP contribution in [-0.4, -0.2) is 55.0 Å². The van der Waals surface area contributed by atoms with Crippen LogP contribution in [0.15, 0.2) is 30.3 Å². The second-order valence-corrected chi connectivity index (χ2v) is 5.22. The molecular weight excluding hydrogens is 268 g/mol. The monoisotopic (exact) mass is 290 g/mol. The third-order valence-electron chi connectivity index (χ3n) is 3.85. The number of ether oxygens (including phenoxy) is 1. The summed E-state index contributed by atoms with van der Waals surface area (Å²) in [5, 5.41) is 0. The van der Waals surface area contributed by atoms with Gasteiger partial charge in [-0.1, -0.05) is 30.3 Å². The van der Waals surface area contributed by atoms with E-state index in [0.29, 0.717) is 32.7 Å². The quantitative estimate of drug-likeness (QED) is 0.843. The Morgan fingerprint density at radius 1 is 1.24 bits per heavy atom. The molecule has 0 unspecified atom stereocenters. The van der Waals surface area contributed by atoms with E-state index in [0.717, 1.165) is 5.56 Å². The molecule has 1 aliphatic heterocycles. The maximum atomic E-state index is 12.4. The van der Waals surface area contributed by atoms with Gasteiger partial charge in [-0.15, -0.1) is 0 Å². The average molecular weight is 290 g/mol. The summed E-state index contributed by atoms with van der Waals surface area (Å²) in [4.78, 5) is 27.7. The first-order valence-electron chi connectivity index (χ1n) is 7.22. The van der Waals surface area contributed by atoms with Gasteiger partial charge in [-0.3, -0.25) is 9.59 Å². The van der Waals surface area contributed by atoms with Crippen molar-refractivity contribution >= 4 is 11.8 Å². The standard InChI is InChI=1S/C16H22N2O3/c1-13(19)17-9-10-18(16(20)8-11-21-2)15(12-17)14-6-4-3-5-7-14/h3-7,15H,8-12H2,1-2H3/t15-/m1/s1. The van der Waals surface area contributed by atoms with Crippen molar-refractivity contribution < 1.29 is 14.3 Å². The number of hydrogen-bond donors (Lipinski definition) is 0. The van der Waals surface area contributed by atoms with Gasteiger partial charge in [0.15, 0.2) is 0 Å². The predicted molar refractivity (Wildman–Crippen MR) is 79.6 cm³/mol. The highest BCUT2D eigenvalue weighted by atomic mass is 16.5. The topological polar surface area (TPSA) is 49.9 Å². The summed E-state index contributed by atoms with van der Waals surface area (Å²) in [6.45, 7) is 3.72. The molecule has 5 heteroatoms. The number of carbonyl (C=O) groups is 2. The van der Waals surface area contributed by atoms with Crippen LogP contribution in [0.25, 0.3) is 0 Å². The Kier molecular flexibility index (Phi) is 5.33. The van der Waals surface area contributed by atoms with Gasteiger partial charge < -0.3 is 14.5 Å². The Labute approximate surface area is 125 Å². The molecule has 2 rings (SSSR count). The highest BCUT2D eigenvalue weighted by Crippen LogP contribution is 2.26. The zero-order valence-corrected chi connectivity index (χ0v) is 12.6. The van der Waals surface area contributed by atoms with Crippen molar-refractivity contribution in [1.29, 1.82) is 0 Å². The Balaban J connectivity index is 2.18. The molecule has 1 aliphatic rings. The fourth-order valence-corrected chi connectivity index (χ4v) is 2.66. The first kappa shape index (κ1) is 15.5. The van der Waals surface area contributed by atoms with Crippen LogP contribution in [0.1, 0.15) is 24.9 Å². The Morgan fingerprint density at radius 2 is 1.95 bits per heavy atom. The minimum absolute atomic E-state index is 0.0555. The predicted octanol–water partition coefficient (Wildman–Crippen LogP) is 1.45. The van der Waals surface area contributed by atoms with Gasteiger partial charge in [0.25, 0.3) is 0 Å². The Morgan fingerprint density at radius 3 is 2.57 bits per heavy atom. The lowest BCUT2D eigenvalue weighted by Crippen LogP contribution is -2.52. The lowest BCUT2D eigenvalue weighted by Gasteiger charge is -2.41. The molecule has 0 bridgehead atoms. The maximum Gasteiger partial charge on any atom is 0.225 e. The van der Waals surface area contributed by atoms with Crippen LogP contribution in [0.5, 0.6) is 0 Å². The summed E-state index contributed by atoms with van der Waals surface area (Å²) in [7, 11) is 1.59. The van der Waals surface area contributed by atoms with Crippen molar-refractivity contribution in [2.24, 2.45) is 0 Å². The van der Waals surface area contributed by atoms with E-state index in [1.807, 2.05) is 35.2 Å². The zero-order valence-electron chi connectivity index (χ0n) is 12.6. The van der Waals surface area contributed by atoms with Crippen LogP contribution in [0.2, 0.25) is 0 Å². The largest absolute Gasteiger partial charge is 0.384 e. The molecule has 5 nitrogen and oxygen atoms in total. The molecule has 0 N–H and O–H groups in total. The number of nitrogens with zero attached hydrogens (tertiary/aromatic N) is 2. The lowest BCUT2D eigenvalue weighted by molar-refractivity contribution is -0.142. The fourth-order valence-electron chi connectivity index (χ4n) is 2.66. The molecule has 0 spiro atoms. The minimum atomic E-state index is -0.0757. The molecular formula is C16H22N2O3. The number of piperazine rings is 1. The summed E-state index contributed by atoms with van der Waals surface area (Å²) in [5.74, 6) is 0.133. The van der Waals surface area contributed by atoms with Gasteiger partial charge in [0, 0.05) is 33.7 Å². The molecule has 1 heterocycles. The van der Waals surface area contributed by atoms with Crippen LogP contribution in [-0.2, 0) is 14.3 Å². The molecule has 0 aromatic heterocycles. The highest BCUT2D eigenvalue weighted by Gasteiger charge is 2.32. The molecule has 1 fully saturated rings. The first-order chi connectivity index (χ1) is 10.1. The van der Waals surface area contributed by atoms with Crippen molar-refractivity contribution in [2.45, 2.75) is 19.4 Å². The van der Waals surface area contributed by atoms with E-state index >= 15 is 0 Å². The van der Waals surface area contributed by atoms with E-state index < -0.39 is 0 Å². The van der Waals surface area contributed by atoms with Gasteiger partial charge in [-0.25, -0.2) is 0 Å². The molecule has 2 amide bonds. The third kappa shape index (κ3) is 3.82. The number of rotatable bonds is 4. The van der Waals surface area contributed by atoms with E-state index in [2.05, 4.69) is 0 Å². The van der Waals surface area contributed by atoms with Crippen molar-refractivity contribution in [2.75, 3.05) is 33.4 Å². The summed E-state index contributed by atoms with van der Waals surface area (Å²) in [5.41, 5.74) is 1.06. The normalized spacial score (nSPS) is 18.7. The molecule has 114 valence electrons. The van der Waals surface area contributed by atoms with Crippen LogP contribution < -0.4 is 0 Å². The molecule has 1 aromatic carbocycles. The Bertz CT molecular complexity index is 490. The van der Waals surface area contributed by atoms with Gasteiger partial charge in [0.2, 0.25) is 11.8 Å². The summed E-state index contributed by atoms with van der Waals surface area (Å²) in [6, 6.07) is 9.80. The number of benzene rings is 1. The fraction of sp³-hybridized carbons (Fsp3) is 0.500. The van der Waals surface area contributed by atoms with Gasteiger partial charge in [0.1, 0.15) is 0 Å². The van der Waals surface area contributed by atoms with E-state index in [4.69, 9.17) is 4.74 Å². The Hall–Kier alpha value is -1.88. The first-order valence-corrected chi connectivity index (χ1v) is 7.22. The van der Waals surface area contributed by atoms with E-state index in [-0.39, 0.29) is 17.9 Å². The number of hydrogen-bond acceptors (Lipinski definition) is 3. The van der Waals surface area contributed by atoms with Crippen molar-refractivity contribution in [3.05, 3.63) is 35.9 Å². The smallest absolute Gasteiger partial charge is 0.225 e. The average Bonchev–Trinajstić information content (AvgIpc) is 2.52. The summed E-state index contributed by atoms with van der Waals surface area (Å²) in [6.07, 6.45) is 0.375. The van der Waals surface area contributed by atoms with Crippen LogP contribution >= 0.6 is 0 Å². The molecule has 1 atom stereocenters. The van der Waals surface area contributed by atoms with E-state index in [1.54, 1.807) is 18.9 Å². The van der Waals surface area contributed by atoms with Gasteiger partial charge in [0.05, 0.1) is 19.1 Å². The lowest BCUT2D eigenvalue weighted by atomic mass is 10.0. The molecule has 0 aliphatic carbocycles. The van der Waals surface area contributed by atoms with Crippen LogP contribution in [0.4, 0.5) is 0 Å². The van der Waals surface area contributed by atoms with E-state index in [9.17, 15) is 9.59 Å². The molecule has 21 heavy (non-hydrogen) atoms. The van der Waals surface area contributed by atoms with Crippen molar-refractivity contribution in [1.82, 2.24) is 9.80 Å². The zero-order chi connectivity index (χ0) is 15.2. The summed E-state index contributed by atoms with van der Waals surface area (Å²) >= 11 is 0. The number of methoxy groups -OCH3 is 1. The second kappa shape index (κ2) is 7.22. The summed E-state index contributed by atoms with van der Waals surface area (Å²) < 4.78 is 4.99. The van der Waals surface area contributed by atoms with Gasteiger partial charge in [-0.05, 0) is 5.56 Å². The highest BCUT2D eigenvalue weighted by molar-refractivity contribution is 5.78.